The molecule has 46 heavy (non-hydrogen) atoms. The van der Waals surface area contributed by atoms with E-state index in [2.05, 4.69) is 10.3 Å². The van der Waals surface area contributed by atoms with Gasteiger partial charge in [-0.05, 0) is 97.6 Å². The van der Waals surface area contributed by atoms with Gasteiger partial charge in [-0.25, -0.2) is 14.6 Å². The van der Waals surface area contributed by atoms with Crippen LogP contribution in [0.5, 0.6) is 5.75 Å². The molecule has 12 heteroatoms. The summed E-state index contributed by atoms with van der Waals surface area (Å²) in [5.74, 6) is 1.35. The third-order valence-corrected chi connectivity index (χ3v) is 6.84. The minimum absolute atomic E-state index is 0.0521. The number of fused-ring (bicyclic) bond motifs is 1. The van der Waals surface area contributed by atoms with Gasteiger partial charge in [-0.3, -0.25) is 10.1 Å². The highest BCUT2D eigenvalue weighted by Gasteiger charge is 2.27. The fourth-order valence-corrected chi connectivity index (χ4v) is 4.54. The smallest absolute Gasteiger partial charge is 0.410 e. The first-order valence-electron chi connectivity index (χ1n) is 16.3. The zero-order chi connectivity index (χ0) is 34.9. The van der Waals surface area contributed by atoms with Gasteiger partial charge in [-0.2, -0.15) is 0 Å². The first-order chi connectivity index (χ1) is 21.6. The molecule has 1 aliphatic rings. The Labute approximate surface area is 274 Å². The van der Waals surface area contributed by atoms with Crippen molar-refractivity contribution in [1.82, 2.24) is 15.2 Å². The number of nitrogens with one attached hydrogen (secondary N) is 1. The molecule has 0 radical (unpaired) electrons. The van der Waals surface area contributed by atoms with Gasteiger partial charge in [0.2, 0.25) is 0 Å². The molecule has 0 bridgehead atoms. The number of nitrogens with zero attached hydrogens (tertiary/aromatic N) is 3. The SMILES string of the molecule is CC.CC(C)(C)OC(=O)N1CCC(CCOc2cc([N+](=O)[O-])c3ncccc3c2)CC1.CC(CCO)CCNC(=O)OC(C)(C)C. The minimum Gasteiger partial charge on any atom is -0.493 e. The Morgan fingerprint density at radius 1 is 1.09 bits per heavy atom. The molecule has 1 aliphatic heterocycles. The number of nitro groups is 1. The van der Waals surface area contributed by atoms with Crippen LogP contribution in [0.25, 0.3) is 10.9 Å². The van der Waals surface area contributed by atoms with E-state index >= 15 is 0 Å². The van der Waals surface area contributed by atoms with Crippen molar-refractivity contribution in [3.05, 3.63) is 40.6 Å². The van der Waals surface area contributed by atoms with Gasteiger partial charge in [0.1, 0.15) is 22.5 Å². The zero-order valence-electron chi connectivity index (χ0n) is 29.3. The number of likely N-dealkylation sites (tertiary alicyclic amines) is 1. The number of ether oxygens (including phenoxy) is 3. The molecule has 0 aliphatic carbocycles. The second-order valence-electron chi connectivity index (χ2n) is 13.2. The number of rotatable bonds is 10. The molecule has 1 atom stereocenters. The van der Waals surface area contributed by atoms with Crippen molar-refractivity contribution in [3.63, 3.8) is 0 Å². The number of amides is 2. The molecule has 1 aromatic heterocycles. The van der Waals surface area contributed by atoms with E-state index in [-0.39, 0.29) is 24.5 Å². The van der Waals surface area contributed by atoms with E-state index in [0.29, 0.717) is 54.7 Å². The van der Waals surface area contributed by atoms with Crippen LogP contribution >= 0.6 is 0 Å². The molecule has 1 fully saturated rings. The number of benzene rings is 1. The van der Waals surface area contributed by atoms with Crippen molar-refractivity contribution in [1.29, 1.82) is 0 Å². The lowest BCUT2D eigenvalue weighted by molar-refractivity contribution is -0.383. The van der Waals surface area contributed by atoms with E-state index in [1.807, 2.05) is 62.3 Å². The van der Waals surface area contributed by atoms with Crippen LogP contribution in [0.3, 0.4) is 0 Å². The van der Waals surface area contributed by atoms with Crippen LogP contribution in [-0.2, 0) is 9.47 Å². The molecular weight excluding hydrogens is 592 g/mol. The number of hydrogen-bond donors (Lipinski definition) is 2. The Balaban J connectivity index is 0.000000529. The van der Waals surface area contributed by atoms with E-state index in [1.54, 1.807) is 29.3 Å². The molecule has 2 N–H and O–H groups in total. The maximum atomic E-state index is 12.1. The number of carbonyl (C=O) groups excluding carboxylic acids is 2. The third-order valence-electron chi connectivity index (χ3n) is 6.84. The van der Waals surface area contributed by atoms with Gasteiger partial charge in [0, 0.05) is 37.8 Å². The van der Waals surface area contributed by atoms with E-state index in [1.165, 1.54) is 6.07 Å². The molecule has 0 saturated carbocycles. The van der Waals surface area contributed by atoms with Crippen LogP contribution < -0.4 is 10.1 Å². The first kappa shape index (κ1) is 40.4. The third kappa shape index (κ3) is 16.1. The van der Waals surface area contributed by atoms with Crippen molar-refractivity contribution in [2.45, 2.75) is 106 Å². The van der Waals surface area contributed by atoms with Crippen LogP contribution in [0, 0.1) is 22.0 Å². The van der Waals surface area contributed by atoms with Crippen LogP contribution in [0.1, 0.15) is 94.4 Å². The molecule has 1 aromatic carbocycles. The fraction of sp³-hybridized carbons (Fsp3) is 0.676. The Kier molecular flexibility index (Phi) is 17.3. The number of carbonyl (C=O) groups is 2. The summed E-state index contributed by atoms with van der Waals surface area (Å²) in [6.45, 7) is 19.8. The molecule has 0 spiro atoms. The van der Waals surface area contributed by atoms with Crippen molar-refractivity contribution in [3.8, 4) is 5.75 Å². The second-order valence-corrected chi connectivity index (χ2v) is 13.2. The number of nitro benzene ring substituents is 1. The first-order valence-corrected chi connectivity index (χ1v) is 16.3. The van der Waals surface area contributed by atoms with Gasteiger partial charge < -0.3 is 29.5 Å². The van der Waals surface area contributed by atoms with E-state index < -0.39 is 16.1 Å². The summed E-state index contributed by atoms with van der Waals surface area (Å²) < 4.78 is 16.3. The predicted molar refractivity (Wildman–Crippen MR) is 180 cm³/mol. The predicted octanol–water partition coefficient (Wildman–Crippen LogP) is 7.50. The van der Waals surface area contributed by atoms with E-state index in [9.17, 15) is 19.7 Å². The summed E-state index contributed by atoms with van der Waals surface area (Å²) >= 11 is 0. The minimum atomic E-state index is -0.486. The number of alkyl carbamates (subject to hydrolysis) is 1. The van der Waals surface area contributed by atoms with Gasteiger partial charge in [0.15, 0.2) is 0 Å². The molecule has 2 amide bonds. The highest BCUT2D eigenvalue weighted by molar-refractivity contribution is 5.88. The number of piperidine rings is 1. The molecule has 1 unspecified atom stereocenters. The second kappa shape index (κ2) is 19.8. The summed E-state index contributed by atoms with van der Waals surface area (Å²) in [7, 11) is 0. The highest BCUT2D eigenvalue weighted by Crippen LogP contribution is 2.30. The summed E-state index contributed by atoms with van der Waals surface area (Å²) in [5, 5.41) is 23.4. The summed E-state index contributed by atoms with van der Waals surface area (Å²) in [4.78, 5) is 40.1. The number of pyridine rings is 1. The molecule has 260 valence electrons. The van der Waals surface area contributed by atoms with Crippen molar-refractivity contribution in [2.24, 2.45) is 11.8 Å². The van der Waals surface area contributed by atoms with Crippen LogP contribution in [0.4, 0.5) is 15.3 Å². The maximum Gasteiger partial charge on any atom is 0.410 e. The Morgan fingerprint density at radius 2 is 1.72 bits per heavy atom. The van der Waals surface area contributed by atoms with Crippen molar-refractivity contribution >= 4 is 28.8 Å². The monoisotopic (exact) mass is 648 g/mol. The number of non-ortho nitro benzene ring substituents is 1. The van der Waals surface area contributed by atoms with E-state index in [4.69, 9.17) is 19.3 Å². The molecule has 12 nitrogen and oxygen atoms in total. The average Bonchev–Trinajstić information content (AvgIpc) is 2.97. The summed E-state index contributed by atoms with van der Waals surface area (Å²) in [6.07, 6.45) is 5.16. The standard InChI is InChI=1S/C21H27N3O5.C11H23NO3.C2H6/c1-21(2,3)29-20(25)23-10-6-15(7-11-23)8-12-28-17-13-16-5-4-9-22-19(16)18(14-17)24(26)27;1-9(6-8-13)5-7-12-10(14)15-11(2,3)4;1-2/h4-5,9,13-15H,6-8,10-12H2,1-3H3;9,13H,5-8H2,1-4H3,(H,12,14);1-2H3. The normalized spacial score (nSPS) is 14.2. The van der Waals surface area contributed by atoms with Crippen molar-refractivity contribution in [2.75, 3.05) is 32.8 Å². The quantitative estimate of drug-likeness (QED) is 0.197. The Morgan fingerprint density at radius 3 is 2.28 bits per heavy atom. The van der Waals surface area contributed by atoms with Crippen LogP contribution in [0.15, 0.2) is 30.5 Å². The summed E-state index contributed by atoms with van der Waals surface area (Å²) in [5.41, 5.74) is -0.622. The Hall–Kier alpha value is -3.67. The van der Waals surface area contributed by atoms with Gasteiger partial charge in [-0.1, -0.05) is 26.8 Å². The van der Waals surface area contributed by atoms with Gasteiger partial charge in [0.05, 0.1) is 17.6 Å². The van der Waals surface area contributed by atoms with Crippen LogP contribution in [-0.4, -0.2) is 76.2 Å². The lowest BCUT2D eigenvalue weighted by atomic mass is 9.94. The lowest BCUT2D eigenvalue weighted by Crippen LogP contribution is -2.41. The number of hydrogen-bond acceptors (Lipinski definition) is 9. The number of aliphatic hydroxyl groups excluding tert-OH is 1. The lowest BCUT2D eigenvalue weighted by Gasteiger charge is -2.33. The molecule has 2 heterocycles. The van der Waals surface area contributed by atoms with Crippen LogP contribution in [0.2, 0.25) is 0 Å². The largest absolute Gasteiger partial charge is 0.493 e. The highest BCUT2D eigenvalue weighted by atomic mass is 16.6. The number of aromatic nitrogens is 1. The molecule has 3 rings (SSSR count). The fourth-order valence-electron chi connectivity index (χ4n) is 4.54. The van der Waals surface area contributed by atoms with Gasteiger partial charge in [0.25, 0.3) is 5.69 Å². The maximum absolute atomic E-state index is 12.1. The molecule has 1 saturated heterocycles. The van der Waals surface area contributed by atoms with Crippen molar-refractivity contribution < 1.29 is 33.8 Å². The van der Waals surface area contributed by atoms with E-state index in [0.717, 1.165) is 32.1 Å². The summed E-state index contributed by atoms with van der Waals surface area (Å²) in [6, 6.07) is 6.74. The van der Waals surface area contributed by atoms with Gasteiger partial charge >= 0.3 is 12.2 Å². The molecular formula is C34H56N4O8. The Bertz CT molecular complexity index is 1220. The van der Waals surface area contributed by atoms with Gasteiger partial charge in [-0.15, -0.1) is 0 Å². The molecule has 2 aromatic rings. The number of aliphatic hydroxyl groups is 1. The topological polar surface area (TPSA) is 153 Å². The zero-order valence-corrected chi connectivity index (χ0v) is 29.3. The average molecular weight is 649 g/mol.